The summed E-state index contributed by atoms with van der Waals surface area (Å²) in [7, 11) is 2.16. The number of likely N-dealkylation sites (N-methyl/N-ethyl adjacent to an activating group) is 1. The number of hydrogen-bond donors (Lipinski definition) is 1. The maximum atomic E-state index is 5.52. The Kier molecular flexibility index (Phi) is 1.87. The summed E-state index contributed by atoms with van der Waals surface area (Å²) >= 11 is 0. The lowest BCUT2D eigenvalue weighted by molar-refractivity contribution is 0.0566. The molecule has 64 valence electrons. The first-order chi connectivity index (χ1) is 5.31. The predicted molar refractivity (Wildman–Crippen MR) is 43.7 cm³/mol. The van der Waals surface area contributed by atoms with Crippen LogP contribution in [0.3, 0.4) is 0 Å². The van der Waals surface area contributed by atoms with Crippen molar-refractivity contribution >= 4 is 0 Å². The number of nitrogens with zero attached hydrogens (tertiary/aromatic N) is 1. The van der Waals surface area contributed by atoms with E-state index in [0.29, 0.717) is 5.54 Å². The van der Waals surface area contributed by atoms with E-state index >= 15 is 0 Å². The van der Waals surface area contributed by atoms with Gasteiger partial charge in [0, 0.05) is 13.1 Å². The van der Waals surface area contributed by atoms with Crippen LogP contribution >= 0.6 is 0 Å². The highest BCUT2D eigenvalue weighted by atomic mass is 16.5. The van der Waals surface area contributed by atoms with Gasteiger partial charge in [-0.3, -0.25) is 0 Å². The Hall–Kier alpha value is -0.120. The molecule has 1 unspecified atom stereocenters. The van der Waals surface area contributed by atoms with Gasteiger partial charge in [-0.2, -0.15) is 0 Å². The van der Waals surface area contributed by atoms with Crippen LogP contribution in [-0.2, 0) is 4.74 Å². The molecule has 2 saturated heterocycles. The lowest BCUT2D eigenvalue weighted by Gasteiger charge is -2.43. The summed E-state index contributed by atoms with van der Waals surface area (Å²) in [5.41, 5.74) is 0.311. The van der Waals surface area contributed by atoms with Crippen LogP contribution in [0.2, 0.25) is 0 Å². The van der Waals surface area contributed by atoms with Crippen molar-refractivity contribution < 1.29 is 4.74 Å². The molecular weight excluding hydrogens is 140 g/mol. The molecule has 3 nitrogen and oxygen atoms in total. The number of ether oxygens (including phenoxy) is 1. The van der Waals surface area contributed by atoms with E-state index in [9.17, 15) is 0 Å². The number of hydrogen-bond acceptors (Lipinski definition) is 3. The third-order valence-corrected chi connectivity index (χ3v) is 2.67. The molecule has 0 amide bonds. The lowest BCUT2D eigenvalue weighted by atomic mass is 9.88. The van der Waals surface area contributed by atoms with E-state index in [2.05, 4.69) is 17.3 Å². The van der Waals surface area contributed by atoms with Crippen LogP contribution in [0.15, 0.2) is 0 Å². The van der Waals surface area contributed by atoms with E-state index in [4.69, 9.17) is 4.74 Å². The fraction of sp³-hybridized carbons (Fsp3) is 1.00. The SMILES string of the molecule is CN1CCOCC2(CCN2)C1. The molecule has 3 heteroatoms. The first-order valence-corrected chi connectivity index (χ1v) is 4.32. The minimum absolute atomic E-state index is 0.311. The molecule has 0 aromatic heterocycles. The summed E-state index contributed by atoms with van der Waals surface area (Å²) in [6.45, 7) is 5.17. The Bertz CT molecular complexity index is 145. The van der Waals surface area contributed by atoms with Crippen LogP contribution in [0.5, 0.6) is 0 Å². The van der Waals surface area contributed by atoms with Gasteiger partial charge in [-0.1, -0.05) is 0 Å². The van der Waals surface area contributed by atoms with E-state index in [0.717, 1.165) is 32.8 Å². The number of nitrogens with one attached hydrogen (secondary N) is 1. The molecule has 0 aliphatic carbocycles. The maximum absolute atomic E-state index is 5.52. The van der Waals surface area contributed by atoms with Gasteiger partial charge >= 0.3 is 0 Å². The highest BCUT2D eigenvalue weighted by molar-refractivity contribution is 4.99. The minimum atomic E-state index is 0.311. The molecule has 0 radical (unpaired) electrons. The molecular formula is C8H16N2O. The molecule has 0 bridgehead atoms. The molecule has 0 aromatic carbocycles. The quantitative estimate of drug-likeness (QED) is 0.520. The molecule has 1 atom stereocenters. The molecule has 0 aromatic rings. The summed E-state index contributed by atoms with van der Waals surface area (Å²) in [5.74, 6) is 0. The van der Waals surface area contributed by atoms with Crippen molar-refractivity contribution in [1.29, 1.82) is 0 Å². The molecule has 2 rings (SSSR count). The van der Waals surface area contributed by atoms with Crippen LogP contribution in [0.1, 0.15) is 6.42 Å². The zero-order valence-electron chi connectivity index (χ0n) is 7.10. The molecule has 1 N–H and O–H groups in total. The molecule has 11 heavy (non-hydrogen) atoms. The monoisotopic (exact) mass is 156 g/mol. The zero-order valence-corrected chi connectivity index (χ0v) is 7.10. The van der Waals surface area contributed by atoms with Crippen LogP contribution in [0.4, 0.5) is 0 Å². The fourth-order valence-corrected chi connectivity index (χ4v) is 1.87. The highest BCUT2D eigenvalue weighted by Gasteiger charge is 2.38. The number of rotatable bonds is 0. The summed E-state index contributed by atoms with van der Waals surface area (Å²) < 4.78 is 5.52. The van der Waals surface area contributed by atoms with E-state index < -0.39 is 0 Å². The van der Waals surface area contributed by atoms with Gasteiger partial charge in [0.15, 0.2) is 0 Å². The largest absolute Gasteiger partial charge is 0.378 e. The second kappa shape index (κ2) is 2.73. The Labute approximate surface area is 67.7 Å². The summed E-state index contributed by atoms with van der Waals surface area (Å²) in [6.07, 6.45) is 1.28. The summed E-state index contributed by atoms with van der Waals surface area (Å²) in [6, 6.07) is 0. The first-order valence-electron chi connectivity index (χ1n) is 4.32. The van der Waals surface area contributed by atoms with Crippen molar-refractivity contribution in [1.82, 2.24) is 10.2 Å². The molecule has 2 aliphatic rings. The Morgan fingerprint density at radius 2 is 2.36 bits per heavy atom. The van der Waals surface area contributed by atoms with Gasteiger partial charge < -0.3 is 15.0 Å². The van der Waals surface area contributed by atoms with Gasteiger partial charge in [0.2, 0.25) is 0 Å². The Morgan fingerprint density at radius 3 is 3.00 bits per heavy atom. The van der Waals surface area contributed by atoms with Crippen molar-refractivity contribution in [3.63, 3.8) is 0 Å². The average molecular weight is 156 g/mol. The first kappa shape index (κ1) is 7.53. The fourth-order valence-electron chi connectivity index (χ4n) is 1.87. The summed E-state index contributed by atoms with van der Waals surface area (Å²) in [4.78, 5) is 2.35. The van der Waals surface area contributed by atoms with Gasteiger partial charge in [0.05, 0.1) is 18.8 Å². The smallest absolute Gasteiger partial charge is 0.0662 e. The predicted octanol–water partition coefficient (Wildman–Crippen LogP) is -0.319. The van der Waals surface area contributed by atoms with Gasteiger partial charge in [0.1, 0.15) is 0 Å². The standard InChI is InChI=1S/C8H16N2O/c1-10-4-5-11-7-8(6-10)2-3-9-8/h9H,2-7H2,1H3. The van der Waals surface area contributed by atoms with E-state index in [1.54, 1.807) is 0 Å². The zero-order chi connectivity index (χ0) is 7.73. The molecule has 2 aliphatic heterocycles. The Balaban J connectivity index is 1.97. The maximum Gasteiger partial charge on any atom is 0.0662 e. The molecule has 0 saturated carbocycles. The third-order valence-electron chi connectivity index (χ3n) is 2.67. The van der Waals surface area contributed by atoms with Gasteiger partial charge in [-0.05, 0) is 20.0 Å². The summed E-state index contributed by atoms with van der Waals surface area (Å²) in [5, 5.41) is 3.46. The van der Waals surface area contributed by atoms with E-state index in [-0.39, 0.29) is 0 Å². The van der Waals surface area contributed by atoms with Gasteiger partial charge in [0.25, 0.3) is 0 Å². The molecule has 1 spiro atoms. The van der Waals surface area contributed by atoms with Crippen molar-refractivity contribution in [2.75, 3.05) is 39.9 Å². The molecule has 2 heterocycles. The van der Waals surface area contributed by atoms with E-state index in [1.165, 1.54) is 6.42 Å². The third kappa shape index (κ3) is 1.41. The Morgan fingerprint density at radius 1 is 1.55 bits per heavy atom. The normalized spacial score (nSPS) is 40.1. The van der Waals surface area contributed by atoms with Crippen molar-refractivity contribution in [3.8, 4) is 0 Å². The van der Waals surface area contributed by atoms with Crippen LogP contribution < -0.4 is 5.32 Å². The van der Waals surface area contributed by atoms with Crippen molar-refractivity contribution in [2.45, 2.75) is 12.0 Å². The van der Waals surface area contributed by atoms with Gasteiger partial charge in [-0.15, -0.1) is 0 Å². The van der Waals surface area contributed by atoms with E-state index in [1.807, 2.05) is 0 Å². The topological polar surface area (TPSA) is 24.5 Å². The van der Waals surface area contributed by atoms with Crippen molar-refractivity contribution in [2.24, 2.45) is 0 Å². The van der Waals surface area contributed by atoms with Crippen LogP contribution in [-0.4, -0.2) is 50.3 Å². The highest BCUT2D eigenvalue weighted by Crippen LogP contribution is 2.21. The van der Waals surface area contributed by atoms with Crippen molar-refractivity contribution in [3.05, 3.63) is 0 Å². The molecule has 2 fully saturated rings. The second-order valence-electron chi connectivity index (χ2n) is 3.75. The minimum Gasteiger partial charge on any atom is -0.378 e. The average Bonchev–Trinajstić information content (AvgIpc) is 2.09. The lowest BCUT2D eigenvalue weighted by Crippen LogP contribution is -2.64. The second-order valence-corrected chi connectivity index (χ2v) is 3.75. The van der Waals surface area contributed by atoms with Crippen LogP contribution in [0.25, 0.3) is 0 Å². The van der Waals surface area contributed by atoms with Crippen LogP contribution in [0, 0.1) is 0 Å². The van der Waals surface area contributed by atoms with Gasteiger partial charge in [-0.25, -0.2) is 0 Å².